The van der Waals surface area contributed by atoms with Crippen LogP contribution in [-0.4, -0.2) is 78.2 Å². The number of benzene rings is 1. The van der Waals surface area contributed by atoms with Crippen LogP contribution in [0.1, 0.15) is 33.6 Å². The monoisotopic (exact) mass is 435 g/mol. The first kappa shape index (κ1) is 22.7. The van der Waals surface area contributed by atoms with Crippen molar-refractivity contribution in [1.82, 2.24) is 20.4 Å². The average molecular weight is 436 g/mol. The van der Waals surface area contributed by atoms with Gasteiger partial charge in [-0.05, 0) is 64.5 Å². The van der Waals surface area contributed by atoms with Gasteiger partial charge in [0.25, 0.3) is 0 Å². The van der Waals surface area contributed by atoms with E-state index in [1.165, 1.54) is 6.07 Å². The Morgan fingerprint density at radius 3 is 2.63 bits per heavy atom. The number of carbonyl (C=O) groups excluding carboxylic acids is 1. The van der Waals surface area contributed by atoms with Crippen molar-refractivity contribution in [2.24, 2.45) is 0 Å². The van der Waals surface area contributed by atoms with E-state index >= 15 is 0 Å². The molecule has 2 aliphatic rings. The summed E-state index contributed by atoms with van der Waals surface area (Å²) in [5.41, 5.74) is 0.659. The predicted molar refractivity (Wildman–Crippen MR) is 123 cm³/mol. The number of rotatable bonds is 7. The molecule has 1 unspecified atom stereocenters. The molecular formula is C22H34FN5OS. The third-order valence-corrected chi connectivity index (χ3v) is 6.23. The number of carbonyl (C=O) groups is 1. The fourth-order valence-electron chi connectivity index (χ4n) is 4.35. The summed E-state index contributed by atoms with van der Waals surface area (Å²) in [5, 5.41) is 6.99. The van der Waals surface area contributed by atoms with Gasteiger partial charge in [-0.2, -0.15) is 0 Å². The highest BCUT2D eigenvalue weighted by Gasteiger charge is 2.33. The second-order valence-corrected chi connectivity index (χ2v) is 9.37. The maximum atomic E-state index is 13.9. The number of para-hydroxylation sites is 1. The Hall–Kier alpha value is -1.93. The molecule has 8 heteroatoms. The summed E-state index contributed by atoms with van der Waals surface area (Å²) >= 11 is 5.45. The van der Waals surface area contributed by atoms with Crippen molar-refractivity contribution in [2.45, 2.75) is 45.2 Å². The molecule has 0 radical (unpaired) electrons. The first-order valence-electron chi connectivity index (χ1n) is 10.8. The molecule has 3 rings (SSSR count). The molecule has 0 aromatic heterocycles. The number of halogens is 1. The molecule has 2 heterocycles. The van der Waals surface area contributed by atoms with Gasteiger partial charge in [-0.25, -0.2) is 4.39 Å². The van der Waals surface area contributed by atoms with Gasteiger partial charge in [0.1, 0.15) is 5.82 Å². The Bertz CT molecular complexity index is 751. The zero-order valence-corrected chi connectivity index (χ0v) is 19.1. The Morgan fingerprint density at radius 1 is 1.27 bits per heavy atom. The van der Waals surface area contributed by atoms with Gasteiger partial charge in [-0.15, -0.1) is 0 Å². The van der Waals surface area contributed by atoms with Crippen molar-refractivity contribution in [3.8, 4) is 0 Å². The van der Waals surface area contributed by atoms with Crippen molar-refractivity contribution in [3.05, 3.63) is 30.1 Å². The molecular weight excluding hydrogens is 401 g/mol. The van der Waals surface area contributed by atoms with Crippen LogP contribution < -0.4 is 15.5 Å². The predicted octanol–water partition coefficient (Wildman–Crippen LogP) is 2.20. The third-order valence-electron chi connectivity index (χ3n) is 5.90. The Morgan fingerprint density at radius 2 is 1.97 bits per heavy atom. The molecule has 2 aliphatic heterocycles. The Kier molecular flexibility index (Phi) is 7.52. The summed E-state index contributed by atoms with van der Waals surface area (Å²) in [6.07, 6.45) is 1.84. The lowest BCUT2D eigenvalue weighted by Gasteiger charge is -2.44. The van der Waals surface area contributed by atoms with Crippen LogP contribution in [0, 0.1) is 5.82 Å². The van der Waals surface area contributed by atoms with E-state index in [2.05, 4.69) is 41.2 Å². The molecule has 1 aromatic carbocycles. The number of amides is 1. The van der Waals surface area contributed by atoms with E-state index in [0.29, 0.717) is 23.9 Å². The first-order chi connectivity index (χ1) is 14.2. The second kappa shape index (κ2) is 9.92. The lowest BCUT2D eigenvalue weighted by molar-refractivity contribution is -0.122. The lowest BCUT2D eigenvalue weighted by Crippen LogP contribution is -2.61. The first-order valence-corrected chi connectivity index (χ1v) is 11.2. The SMILES string of the molecule is CC1CC(C)(C)NC(=S)N1CC(=O)NCCCN1CCN(c2ccccc2F)CC1. The highest BCUT2D eigenvalue weighted by atomic mass is 32.1. The topological polar surface area (TPSA) is 50.9 Å². The van der Waals surface area contributed by atoms with Gasteiger partial charge in [0.2, 0.25) is 5.91 Å². The van der Waals surface area contributed by atoms with Crippen molar-refractivity contribution < 1.29 is 9.18 Å². The molecule has 0 aliphatic carbocycles. The number of thiocarbonyl (C=S) groups is 1. The zero-order chi connectivity index (χ0) is 21.7. The van der Waals surface area contributed by atoms with E-state index < -0.39 is 0 Å². The highest BCUT2D eigenvalue weighted by molar-refractivity contribution is 7.80. The maximum absolute atomic E-state index is 13.9. The van der Waals surface area contributed by atoms with Crippen LogP contribution in [-0.2, 0) is 4.79 Å². The largest absolute Gasteiger partial charge is 0.367 e. The van der Waals surface area contributed by atoms with Crippen LogP contribution in [0.25, 0.3) is 0 Å². The summed E-state index contributed by atoms with van der Waals surface area (Å²) in [4.78, 5) is 18.8. The molecule has 6 nitrogen and oxygen atoms in total. The fraction of sp³-hybridized carbons (Fsp3) is 0.636. The second-order valence-electron chi connectivity index (χ2n) is 8.98. The van der Waals surface area contributed by atoms with E-state index in [0.717, 1.165) is 45.6 Å². The van der Waals surface area contributed by atoms with E-state index in [1.807, 2.05) is 17.0 Å². The molecule has 2 N–H and O–H groups in total. The molecule has 2 saturated heterocycles. The van der Waals surface area contributed by atoms with Crippen molar-refractivity contribution in [2.75, 3.05) is 50.7 Å². The molecule has 30 heavy (non-hydrogen) atoms. The summed E-state index contributed by atoms with van der Waals surface area (Å²) in [6, 6.07) is 7.19. The van der Waals surface area contributed by atoms with Crippen LogP contribution in [0.4, 0.5) is 10.1 Å². The van der Waals surface area contributed by atoms with Crippen LogP contribution in [0.3, 0.4) is 0 Å². The minimum absolute atomic E-state index is 0.00933. The average Bonchev–Trinajstić information content (AvgIpc) is 2.68. The summed E-state index contributed by atoms with van der Waals surface area (Å²) < 4.78 is 13.9. The number of anilines is 1. The van der Waals surface area contributed by atoms with Gasteiger partial charge in [0.15, 0.2) is 5.11 Å². The van der Waals surface area contributed by atoms with Gasteiger partial charge in [0, 0.05) is 44.3 Å². The van der Waals surface area contributed by atoms with Gasteiger partial charge >= 0.3 is 0 Å². The van der Waals surface area contributed by atoms with Gasteiger partial charge in [-0.3, -0.25) is 9.69 Å². The molecule has 1 amide bonds. The molecule has 2 fully saturated rings. The molecule has 0 saturated carbocycles. The number of hydrogen-bond acceptors (Lipinski definition) is 4. The molecule has 0 bridgehead atoms. The smallest absolute Gasteiger partial charge is 0.239 e. The maximum Gasteiger partial charge on any atom is 0.239 e. The normalized spacial score (nSPS) is 22.0. The van der Waals surface area contributed by atoms with Gasteiger partial charge in [-0.1, -0.05) is 12.1 Å². The number of piperazine rings is 1. The number of hydrogen-bond donors (Lipinski definition) is 2. The van der Waals surface area contributed by atoms with Crippen molar-refractivity contribution in [3.63, 3.8) is 0 Å². The van der Waals surface area contributed by atoms with Crippen molar-refractivity contribution in [1.29, 1.82) is 0 Å². The number of nitrogens with zero attached hydrogens (tertiary/aromatic N) is 3. The minimum Gasteiger partial charge on any atom is -0.367 e. The molecule has 1 atom stereocenters. The molecule has 1 aromatic rings. The molecule has 166 valence electrons. The zero-order valence-electron chi connectivity index (χ0n) is 18.3. The summed E-state index contributed by atoms with van der Waals surface area (Å²) in [6.45, 7) is 11.7. The van der Waals surface area contributed by atoms with Crippen LogP contribution in [0.15, 0.2) is 24.3 Å². The quantitative estimate of drug-likeness (QED) is 0.506. The van der Waals surface area contributed by atoms with Crippen LogP contribution in [0.5, 0.6) is 0 Å². The highest BCUT2D eigenvalue weighted by Crippen LogP contribution is 2.22. The van der Waals surface area contributed by atoms with Gasteiger partial charge < -0.3 is 20.4 Å². The van der Waals surface area contributed by atoms with Crippen molar-refractivity contribution >= 4 is 28.9 Å². The summed E-state index contributed by atoms with van der Waals surface area (Å²) in [5.74, 6) is -0.148. The van der Waals surface area contributed by atoms with E-state index in [9.17, 15) is 9.18 Å². The standard InChI is InChI=1S/C22H34FN5OS/c1-17-15-22(2,3)25-21(30)28(17)16-20(29)24-9-6-10-26-11-13-27(14-12-26)19-8-5-4-7-18(19)23/h4-5,7-8,17H,6,9-16H2,1-3H3,(H,24,29)(H,25,30). The molecule has 0 spiro atoms. The van der Waals surface area contributed by atoms with E-state index in [4.69, 9.17) is 12.2 Å². The summed E-state index contributed by atoms with van der Waals surface area (Å²) in [7, 11) is 0. The van der Waals surface area contributed by atoms with E-state index in [-0.39, 0.29) is 23.3 Å². The minimum atomic E-state index is -0.157. The number of nitrogens with one attached hydrogen (secondary N) is 2. The van der Waals surface area contributed by atoms with Gasteiger partial charge in [0.05, 0.1) is 12.2 Å². The lowest BCUT2D eigenvalue weighted by atomic mass is 9.93. The van der Waals surface area contributed by atoms with E-state index in [1.54, 1.807) is 6.07 Å². The van der Waals surface area contributed by atoms with Crippen LogP contribution >= 0.6 is 12.2 Å². The Balaban J connectivity index is 1.32. The third kappa shape index (κ3) is 6.04. The fourth-order valence-corrected chi connectivity index (χ4v) is 4.87. The Labute approximate surface area is 184 Å². The van der Waals surface area contributed by atoms with Crippen LogP contribution in [0.2, 0.25) is 0 Å².